The molecule has 1 N–H and O–H groups in total. The molecule has 1 aromatic carbocycles. The summed E-state index contributed by atoms with van der Waals surface area (Å²) in [5, 5.41) is 9.05. The summed E-state index contributed by atoms with van der Waals surface area (Å²) >= 11 is 0. The van der Waals surface area contributed by atoms with Gasteiger partial charge in [0.15, 0.2) is 11.5 Å². The smallest absolute Gasteiger partial charge is 0.304 e. The van der Waals surface area contributed by atoms with Gasteiger partial charge >= 0.3 is 5.97 Å². The molecule has 0 heterocycles. The van der Waals surface area contributed by atoms with Crippen LogP contribution < -0.4 is 14.2 Å². The lowest BCUT2D eigenvalue weighted by molar-refractivity contribution is -0.138. The van der Waals surface area contributed by atoms with E-state index in [0.717, 1.165) is 0 Å². The number of benzene rings is 1. The summed E-state index contributed by atoms with van der Waals surface area (Å²) in [5.74, 6) is 0.769. The SMILES string of the molecule is COc1ccc(OC)c(C(C)(C)CC(=O)O)c1OC. The Kier molecular flexibility index (Phi) is 4.64. The normalized spacial score (nSPS) is 11.0. The average Bonchev–Trinajstić information content (AvgIpc) is 2.35. The lowest BCUT2D eigenvalue weighted by atomic mass is 9.80. The first kappa shape index (κ1) is 15.1. The molecule has 1 aromatic rings. The molecule has 19 heavy (non-hydrogen) atoms. The maximum Gasteiger partial charge on any atom is 0.304 e. The fraction of sp³-hybridized carbons (Fsp3) is 0.500. The monoisotopic (exact) mass is 268 g/mol. The van der Waals surface area contributed by atoms with Crippen molar-refractivity contribution in [2.24, 2.45) is 0 Å². The van der Waals surface area contributed by atoms with E-state index in [-0.39, 0.29) is 6.42 Å². The molecule has 0 aromatic heterocycles. The third-order valence-corrected chi connectivity index (χ3v) is 3.00. The van der Waals surface area contributed by atoms with Gasteiger partial charge in [-0.15, -0.1) is 0 Å². The second-order valence-corrected chi connectivity index (χ2v) is 4.83. The Bertz CT molecular complexity index is 465. The Morgan fingerprint density at radius 3 is 2.05 bits per heavy atom. The highest BCUT2D eigenvalue weighted by Crippen LogP contribution is 2.45. The van der Waals surface area contributed by atoms with E-state index < -0.39 is 11.4 Å². The number of hydrogen-bond acceptors (Lipinski definition) is 4. The lowest BCUT2D eigenvalue weighted by Gasteiger charge is -2.28. The van der Waals surface area contributed by atoms with E-state index in [1.807, 2.05) is 13.8 Å². The fourth-order valence-corrected chi connectivity index (χ4v) is 2.19. The van der Waals surface area contributed by atoms with Crippen LogP contribution in [0.2, 0.25) is 0 Å². The Labute approximate surface area is 113 Å². The zero-order chi connectivity index (χ0) is 14.6. The average molecular weight is 268 g/mol. The molecule has 5 nitrogen and oxygen atoms in total. The van der Waals surface area contributed by atoms with Crippen LogP contribution in [0.25, 0.3) is 0 Å². The Hall–Kier alpha value is -1.91. The van der Waals surface area contributed by atoms with Crippen molar-refractivity contribution in [3.8, 4) is 17.2 Å². The van der Waals surface area contributed by atoms with Gasteiger partial charge in [-0.05, 0) is 12.1 Å². The van der Waals surface area contributed by atoms with Gasteiger partial charge in [0, 0.05) is 11.0 Å². The van der Waals surface area contributed by atoms with E-state index in [9.17, 15) is 4.79 Å². The third kappa shape index (κ3) is 3.10. The van der Waals surface area contributed by atoms with Gasteiger partial charge in [0.25, 0.3) is 0 Å². The molecule has 0 atom stereocenters. The van der Waals surface area contributed by atoms with Crippen molar-refractivity contribution < 1.29 is 24.1 Å². The van der Waals surface area contributed by atoms with E-state index in [0.29, 0.717) is 22.8 Å². The van der Waals surface area contributed by atoms with Crippen molar-refractivity contribution in [1.82, 2.24) is 0 Å². The van der Waals surface area contributed by atoms with Crippen molar-refractivity contribution in [2.75, 3.05) is 21.3 Å². The fourth-order valence-electron chi connectivity index (χ4n) is 2.19. The predicted molar refractivity (Wildman–Crippen MR) is 71.4 cm³/mol. The minimum Gasteiger partial charge on any atom is -0.496 e. The number of methoxy groups -OCH3 is 3. The van der Waals surface area contributed by atoms with Crippen LogP contribution in [0.1, 0.15) is 25.8 Å². The molecule has 0 amide bonds. The number of carbonyl (C=O) groups is 1. The molecule has 0 aliphatic carbocycles. The molecule has 0 saturated carbocycles. The summed E-state index contributed by atoms with van der Waals surface area (Å²) in [7, 11) is 4.61. The summed E-state index contributed by atoms with van der Waals surface area (Å²) in [4.78, 5) is 11.0. The first-order chi connectivity index (χ1) is 8.87. The van der Waals surface area contributed by atoms with Crippen LogP contribution in [-0.2, 0) is 10.2 Å². The maximum absolute atomic E-state index is 11.0. The van der Waals surface area contributed by atoms with E-state index in [4.69, 9.17) is 19.3 Å². The standard InChI is InChI=1S/C14H20O5/c1-14(2,8-11(15)16)12-9(17-3)6-7-10(18-4)13(12)19-5/h6-7H,8H2,1-5H3,(H,15,16). The molecular formula is C14H20O5. The molecule has 0 unspecified atom stereocenters. The van der Waals surface area contributed by atoms with Crippen LogP contribution >= 0.6 is 0 Å². The summed E-state index contributed by atoms with van der Waals surface area (Å²) in [5.41, 5.74) is 0.0519. The molecule has 0 aliphatic rings. The molecule has 0 fully saturated rings. The van der Waals surface area contributed by atoms with Gasteiger partial charge in [-0.25, -0.2) is 0 Å². The van der Waals surface area contributed by atoms with Gasteiger partial charge in [0.05, 0.1) is 27.8 Å². The van der Waals surface area contributed by atoms with E-state index >= 15 is 0 Å². The molecule has 0 bridgehead atoms. The topological polar surface area (TPSA) is 65.0 Å². The largest absolute Gasteiger partial charge is 0.496 e. The molecule has 0 aliphatic heterocycles. The number of rotatable bonds is 6. The Balaban J connectivity index is 3.48. The van der Waals surface area contributed by atoms with Crippen LogP contribution in [0.15, 0.2) is 12.1 Å². The zero-order valence-corrected chi connectivity index (χ0v) is 11.9. The minimum absolute atomic E-state index is 0.0348. The predicted octanol–water partition coefficient (Wildman–Crippen LogP) is 2.46. The van der Waals surface area contributed by atoms with Crippen LogP contribution in [0, 0.1) is 0 Å². The summed E-state index contributed by atoms with van der Waals surface area (Å²) in [6.07, 6.45) is -0.0348. The van der Waals surface area contributed by atoms with Crippen LogP contribution in [0.4, 0.5) is 0 Å². The van der Waals surface area contributed by atoms with Gasteiger partial charge in [-0.3, -0.25) is 4.79 Å². The summed E-state index contributed by atoms with van der Waals surface area (Å²) in [6, 6.07) is 3.48. The van der Waals surface area contributed by atoms with E-state index in [1.54, 1.807) is 19.2 Å². The van der Waals surface area contributed by atoms with Gasteiger partial charge < -0.3 is 19.3 Å². The minimum atomic E-state index is -0.878. The van der Waals surface area contributed by atoms with Crippen LogP contribution in [-0.4, -0.2) is 32.4 Å². The van der Waals surface area contributed by atoms with Crippen LogP contribution in [0.5, 0.6) is 17.2 Å². The maximum atomic E-state index is 11.0. The first-order valence-electron chi connectivity index (χ1n) is 5.88. The molecule has 1 rings (SSSR count). The number of hydrogen-bond donors (Lipinski definition) is 1. The highest BCUT2D eigenvalue weighted by Gasteiger charge is 2.32. The highest BCUT2D eigenvalue weighted by atomic mass is 16.5. The number of aliphatic carboxylic acids is 1. The first-order valence-corrected chi connectivity index (χ1v) is 5.88. The van der Waals surface area contributed by atoms with Crippen molar-refractivity contribution in [2.45, 2.75) is 25.7 Å². The summed E-state index contributed by atoms with van der Waals surface area (Å²) in [6.45, 7) is 3.67. The van der Waals surface area contributed by atoms with Gasteiger partial charge in [-0.2, -0.15) is 0 Å². The van der Waals surface area contributed by atoms with Crippen molar-refractivity contribution in [3.63, 3.8) is 0 Å². The van der Waals surface area contributed by atoms with Crippen molar-refractivity contribution >= 4 is 5.97 Å². The van der Waals surface area contributed by atoms with E-state index in [2.05, 4.69) is 0 Å². The second kappa shape index (κ2) is 5.82. The Morgan fingerprint density at radius 2 is 1.63 bits per heavy atom. The van der Waals surface area contributed by atoms with Crippen LogP contribution in [0.3, 0.4) is 0 Å². The molecular weight excluding hydrogens is 248 g/mol. The summed E-state index contributed by atoms with van der Waals surface area (Å²) < 4.78 is 16.0. The lowest BCUT2D eigenvalue weighted by Crippen LogP contribution is -2.23. The van der Waals surface area contributed by atoms with Crippen molar-refractivity contribution in [1.29, 1.82) is 0 Å². The molecule has 5 heteroatoms. The molecule has 0 saturated heterocycles. The molecule has 106 valence electrons. The zero-order valence-electron chi connectivity index (χ0n) is 11.9. The Morgan fingerprint density at radius 1 is 1.11 bits per heavy atom. The number of carboxylic acids is 1. The molecule has 0 radical (unpaired) electrons. The highest BCUT2D eigenvalue weighted by molar-refractivity contribution is 5.70. The number of ether oxygens (including phenoxy) is 3. The number of carboxylic acid groups (broad SMARTS) is 1. The van der Waals surface area contributed by atoms with Gasteiger partial charge in [-0.1, -0.05) is 13.8 Å². The third-order valence-electron chi connectivity index (χ3n) is 3.00. The quantitative estimate of drug-likeness (QED) is 0.858. The van der Waals surface area contributed by atoms with Crippen molar-refractivity contribution in [3.05, 3.63) is 17.7 Å². The van der Waals surface area contributed by atoms with E-state index in [1.165, 1.54) is 14.2 Å². The molecule has 0 spiro atoms. The van der Waals surface area contributed by atoms with Gasteiger partial charge in [0.2, 0.25) is 0 Å². The van der Waals surface area contributed by atoms with Gasteiger partial charge in [0.1, 0.15) is 5.75 Å². The second-order valence-electron chi connectivity index (χ2n) is 4.83.